The molecule has 2 rings (SSSR count). The summed E-state index contributed by atoms with van der Waals surface area (Å²) in [5.74, 6) is -0.766. The maximum Gasteiger partial charge on any atom is 0.312 e. The van der Waals surface area contributed by atoms with Crippen molar-refractivity contribution in [1.29, 1.82) is 0 Å². The summed E-state index contributed by atoms with van der Waals surface area (Å²) in [4.78, 5) is 11.6. The predicted octanol–water partition coefficient (Wildman–Crippen LogP) is 2.87. The number of carboxylic acids is 1. The van der Waals surface area contributed by atoms with E-state index in [0.717, 1.165) is 10.0 Å². The fourth-order valence-electron chi connectivity index (χ4n) is 2.35. The van der Waals surface area contributed by atoms with Crippen LogP contribution in [0.25, 0.3) is 0 Å². The quantitative estimate of drug-likeness (QED) is 0.933. The molecule has 1 heterocycles. The van der Waals surface area contributed by atoms with Gasteiger partial charge < -0.3 is 9.84 Å². The number of halogens is 1. The zero-order valence-electron chi connectivity index (χ0n) is 9.65. The molecule has 92 valence electrons. The number of rotatable bonds is 3. The summed E-state index contributed by atoms with van der Waals surface area (Å²) in [6, 6.07) is 7.75. The van der Waals surface area contributed by atoms with Crippen molar-refractivity contribution in [3.8, 4) is 0 Å². The Hall–Kier alpha value is -0.870. The topological polar surface area (TPSA) is 46.5 Å². The highest BCUT2D eigenvalue weighted by Crippen LogP contribution is 2.39. The van der Waals surface area contributed by atoms with Gasteiger partial charge in [0.05, 0.1) is 11.5 Å². The molecule has 1 aromatic carbocycles. The van der Waals surface area contributed by atoms with Gasteiger partial charge in [0.25, 0.3) is 0 Å². The van der Waals surface area contributed by atoms with Gasteiger partial charge in [0, 0.05) is 11.1 Å². The predicted molar refractivity (Wildman–Crippen MR) is 67.9 cm³/mol. The third-order valence-corrected chi connectivity index (χ3v) is 4.36. The van der Waals surface area contributed by atoms with Crippen LogP contribution in [-0.2, 0) is 16.0 Å². The minimum Gasteiger partial charge on any atom is -0.481 e. The van der Waals surface area contributed by atoms with Crippen molar-refractivity contribution in [1.82, 2.24) is 0 Å². The van der Waals surface area contributed by atoms with E-state index >= 15 is 0 Å². The number of ether oxygens (including phenoxy) is 1. The zero-order valence-corrected chi connectivity index (χ0v) is 11.2. The first-order valence-electron chi connectivity index (χ1n) is 5.65. The van der Waals surface area contributed by atoms with Crippen molar-refractivity contribution in [2.24, 2.45) is 5.41 Å². The van der Waals surface area contributed by atoms with Crippen LogP contribution in [0.3, 0.4) is 0 Å². The Balaban J connectivity index is 2.31. The van der Waals surface area contributed by atoms with Gasteiger partial charge in [-0.2, -0.15) is 0 Å². The standard InChI is InChI=1S/C13H15BrO3/c1-9-13(12(15)16,6-7-17-9)8-10-4-2-3-5-11(10)14/h2-5,9H,6-8H2,1H3,(H,15,16). The van der Waals surface area contributed by atoms with Crippen molar-refractivity contribution < 1.29 is 14.6 Å². The normalized spacial score (nSPS) is 28.2. The molecule has 0 aliphatic carbocycles. The van der Waals surface area contributed by atoms with Crippen LogP contribution in [-0.4, -0.2) is 23.8 Å². The van der Waals surface area contributed by atoms with Gasteiger partial charge >= 0.3 is 5.97 Å². The fraction of sp³-hybridized carbons (Fsp3) is 0.462. The number of carboxylic acid groups (broad SMARTS) is 1. The zero-order chi connectivity index (χ0) is 12.5. The lowest BCUT2D eigenvalue weighted by molar-refractivity contribution is -0.151. The van der Waals surface area contributed by atoms with E-state index in [4.69, 9.17) is 4.74 Å². The second-order valence-electron chi connectivity index (χ2n) is 4.49. The first-order valence-corrected chi connectivity index (χ1v) is 6.44. The largest absolute Gasteiger partial charge is 0.481 e. The molecule has 1 aliphatic rings. The highest BCUT2D eigenvalue weighted by atomic mass is 79.9. The molecule has 1 fully saturated rings. The van der Waals surface area contributed by atoms with Crippen LogP contribution < -0.4 is 0 Å². The number of aliphatic carboxylic acids is 1. The van der Waals surface area contributed by atoms with Gasteiger partial charge in [0.15, 0.2) is 0 Å². The van der Waals surface area contributed by atoms with Crippen molar-refractivity contribution in [2.75, 3.05) is 6.61 Å². The molecule has 4 heteroatoms. The third-order valence-electron chi connectivity index (χ3n) is 3.58. The van der Waals surface area contributed by atoms with Crippen LogP contribution >= 0.6 is 15.9 Å². The van der Waals surface area contributed by atoms with Crippen LogP contribution in [0.4, 0.5) is 0 Å². The maximum absolute atomic E-state index is 11.6. The van der Waals surface area contributed by atoms with E-state index in [1.54, 1.807) is 0 Å². The number of hydrogen-bond donors (Lipinski definition) is 1. The average molecular weight is 299 g/mol. The number of carbonyl (C=O) groups is 1. The third kappa shape index (κ3) is 2.24. The summed E-state index contributed by atoms with van der Waals surface area (Å²) in [6.07, 6.45) is 0.836. The van der Waals surface area contributed by atoms with Crippen LogP contribution in [0.5, 0.6) is 0 Å². The van der Waals surface area contributed by atoms with Gasteiger partial charge in [-0.1, -0.05) is 34.1 Å². The second kappa shape index (κ2) is 4.78. The van der Waals surface area contributed by atoms with E-state index in [1.165, 1.54) is 0 Å². The highest BCUT2D eigenvalue weighted by Gasteiger charge is 2.48. The van der Waals surface area contributed by atoms with Crippen LogP contribution in [0.2, 0.25) is 0 Å². The maximum atomic E-state index is 11.6. The van der Waals surface area contributed by atoms with E-state index in [9.17, 15) is 9.90 Å². The summed E-state index contributed by atoms with van der Waals surface area (Å²) in [7, 11) is 0. The van der Waals surface area contributed by atoms with E-state index in [-0.39, 0.29) is 6.10 Å². The summed E-state index contributed by atoms with van der Waals surface area (Å²) in [6.45, 7) is 2.37. The number of benzene rings is 1. The summed E-state index contributed by atoms with van der Waals surface area (Å²) < 4.78 is 6.40. The minimum absolute atomic E-state index is 0.243. The van der Waals surface area contributed by atoms with Crippen LogP contribution in [0.15, 0.2) is 28.7 Å². The second-order valence-corrected chi connectivity index (χ2v) is 5.35. The van der Waals surface area contributed by atoms with Crippen molar-refractivity contribution in [2.45, 2.75) is 25.9 Å². The molecular weight excluding hydrogens is 284 g/mol. The molecule has 0 bridgehead atoms. The summed E-state index contributed by atoms with van der Waals surface area (Å²) in [5.41, 5.74) is 0.233. The van der Waals surface area contributed by atoms with Gasteiger partial charge in [-0.3, -0.25) is 4.79 Å². The lowest BCUT2D eigenvalue weighted by Gasteiger charge is -2.27. The lowest BCUT2D eigenvalue weighted by atomic mass is 9.76. The molecule has 2 unspecified atom stereocenters. The van der Waals surface area contributed by atoms with Gasteiger partial charge in [0.2, 0.25) is 0 Å². The Labute approximate surface area is 109 Å². The molecule has 0 amide bonds. The Morgan fingerprint density at radius 1 is 1.59 bits per heavy atom. The monoisotopic (exact) mass is 298 g/mol. The molecule has 0 saturated carbocycles. The smallest absolute Gasteiger partial charge is 0.312 e. The Bertz CT molecular complexity index is 432. The Morgan fingerprint density at radius 3 is 2.82 bits per heavy atom. The SMILES string of the molecule is CC1OCCC1(Cc1ccccc1Br)C(=O)O. The molecule has 0 aromatic heterocycles. The molecule has 1 aromatic rings. The molecular formula is C13H15BrO3. The van der Waals surface area contributed by atoms with Gasteiger partial charge in [0.1, 0.15) is 0 Å². The first-order chi connectivity index (χ1) is 8.06. The first kappa shape index (κ1) is 12.6. The summed E-state index contributed by atoms with van der Waals surface area (Å²) in [5, 5.41) is 9.49. The molecule has 0 radical (unpaired) electrons. The minimum atomic E-state index is -0.788. The van der Waals surface area contributed by atoms with Crippen molar-refractivity contribution in [3.63, 3.8) is 0 Å². The fourth-order valence-corrected chi connectivity index (χ4v) is 2.78. The molecule has 1 aliphatic heterocycles. The average Bonchev–Trinajstić information content (AvgIpc) is 2.65. The van der Waals surface area contributed by atoms with E-state index in [0.29, 0.717) is 19.4 Å². The van der Waals surface area contributed by atoms with Gasteiger partial charge in [-0.25, -0.2) is 0 Å². The van der Waals surface area contributed by atoms with E-state index in [1.807, 2.05) is 31.2 Å². The van der Waals surface area contributed by atoms with Gasteiger partial charge in [-0.15, -0.1) is 0 Å². The molecule has 1 N–H and O–H groups in total. The van der Waals surface area contributed by atoms with Crippen molar-refractivity contribution >= 4 is 21.9 Å². The van der Waals surface area contributed by atoms with Crippen LogP contribution in [0.1, 0.15) is 18.9 Å². The molecule has 0 spiro atoms. The molecule has 1 saturated heterocycles. The Kier molecular flexibility index (Phi) is 3.54. The van der Waals surface area contributed by atoms with E-state index in [2.05, 4.69) is 15.9 Å². The number of hydrogen-bond acceptors (Lipinski definition) is 2. The highest BCUT2D eigenvalue weighted by molar-refractivity contribution is 9.10. The van der Waals surface area contributed by atoms with Crippen LogP contribution in [0, 0.1) is 5.41 Å². The molecule has 17 heavy (non-hydrogen) atoms. The van der Waals surface area contributed by atoms with E-state index < -0.39 is 11.4 Å². The summed E-state index contributed by atoms with van der Waals surface area (Å²) >= 11 is 3.46. The van der Waals surface area contributed by atoms with Crippen molar-refractivity contribution in [3.05, 3.63) is 34.3 Å². The molecule has 3 nitrogen and oxygen atoms in total. The Morgan fingerprint density at radius 2 is 2.29 bits per heavy atom. The lowest BCUT2D eigenvalue weighted by Crippen LogP contribution is -2.39. The molecule has 2 atom stereocenters. The van der Waals surface area contributed by atoms with Gasteiger partial charge in [-0.05, 0) is 31.4 Å².